The van der Waals surface area contributed by atoms with E-state index in [4.69, 9.17) is 9.47 Å². The summed E-state index contributed by atoms with van der Waals surface area (Å²) in [5, 5.41) is 3.32. The first kappa shape index (κ1) is 22.5. The van der Waals surface area contributed by atoms with Crippen molar-refractivity contribution in [2.75, 3.05) is 16.8 Å². The molecule has 0 bridgehead atoms. The predicted molar refractivity (Wildman–Crippen MR) is 127 cm³/mol. The Morgan fingerprint density at radius 3 is 2.36 bits per heavy atom. The van der Waals surface area contributed by atoms with Gasteiger partial charge in [-0.25, -0.2) is 9.69 Å². The van der Waals surface area contributed by atoms with Crippen molar-refractivity contribution in [2.24, 2.45) is 5.41 Å². The summed E-state index contributed by atoms with van der Waals surface area (Å²) >= 11 is 0. The first-order chi connectivity index (χ1) is 15.7. The minimum absolute atomic E-state index is 0.0747. The number of para-hydroxylation sites is 1. The van der Waals surface area contributed by atoms with Crippen LogP contribution in [-0.2, 0) is 4.74 Å². The molecule has 0 aliphatic carbocycles. The molecule has 1 aliphatic rings. The molecule has 1 N–H and O–H groups in total. The van der Waals surface area contributed by atoms with Gasteiger partial charge in [0.25, 0.3) is 0 Å². The summed E-state index contributed by atoms with van der Waals surface area (Å²) in [6, 6.07) is 17.3. The van der Waals surface area contributed by atoms with Crippen LogP contribution in [0.3, 0.4) is 0 Å². The average Bonchev–Trinajstić information content (AvgIpc) is 3.16. The number of amides is 1. The largest absolute Gasteiger partial charge is 0.457 e. The molecule has 2 heterocycles. The lowest BCUT2D eigenvalue weighted by Crippen LogP contribution is -2.43. The molecule has 2 aromatic carbocycles. The van der Waals surface area contributed by atoms with E-state index in [9.17, 15) is 4.79 Å². The molecule has 3 aromatic rings. The number of hydrogen-bond acceptors (Lipinski definition) is 7. The highest BCUT2D eigenvalue weighted by molar-refractivity contribution is 5.88. The van der Waals surface area contributed by atoms with Crippen LogP contribution in [0.5, 0.6) is 11.5 Å². The van der Waals surface area contributed by atoms with Gasteiger partial charge >= 0.3 is 6.09 Å². The Labute approximate surface area is 194 Å². The van der Waals surface area contributed by atoms with Crippen molar-refractivity contribution in [2.45, 2.75) is 46.7 Å². The van der Waals surface area contributed by atoms with E-state index >= 15 is 0 Å². The van der Waals surface area contributed by atoms with Crippen molar-refractivity contribution in [1.29, 1.82) is 0 Å². The van der Waals surface area contributed by atoms with Crippen molar-refractivity contribution in [3.05, 3.63) is 66.0 Å². The number of aromatic nitrogens is 3. The van der Waals surface area contributed by atoms with Gasteiger partial charge in [-0.05, 0) is 49.1 Å². The Morgan fingerprint density at radius 1 is 1.03 bits per heavy atom. The summed E-state index contributed by atoms with van der Waals surface area (Å²) in [7, 11) is 0. The number of anilines is 2. The van der Waals surface area contributed by atoms with Gasteiger partial charge in [0.15, 0.2) is 0 Å². The fourth-order valence-electron chi connectivity index (χ4n) is 3.65. The third-order valence-corrected chi connectivity index (χ3v) is 5.53. The van der Waals surface area contributed by atoms with Crippen LogP contribution in [-0.4, -0.2) is 33.7 Å². The normalized spacial score (nSPS) is 16.9. The van der Waals surface area contributed by atoms with E-state index in [1.165, 1.54) is 4.90 Å². The summed E-state index contributed by atoms with van der Waals surface area (Å²) in [5.41, 5.74) is 0.861. The molecule has 172 valence electrons. The first-order valence-corrected chi connectivity index (χ1v) is 11.0. The Hall–Kier alpha value is -3.68. The van der Waals surface area contributed by atoms with E-state index in [-0.39, 0.29) is 17.5 Å². The highest BCUT2D eigenvalue weighted by atomic mass is 16.6. The summed E-state index contributed by atoms with van der Waals surface area (Å²) in [4.78, 5) is 27.3. The molecule has 8 heteroatoms. The molecule has 1 amide bonds. The topological polar surface area (TPSA) is 89.5 Å². The Morgan fingerprint density at radius 2 is 1.70 bits per heavy atom. The second-order valence-corrected chi connectivity index (χ2v) is 9.19. The summed E-state index contributed by atoms with van der Waals surface area (Å²) < 4.78 is 11.2. The number of hydrogen-bond donors (Lipinski definition) is 1. The van der Waals surface area contributed by atoms with Crippen LogP contribution in [0.2, 0.25) is 0 Å². The van der Waals surface area contributed by atoms with Crippen LogP contribution in [0, 0.1) is 12.3 Å². The molecule has 2 atom stereocenters. The SMILES string of the molecule is Cc1nc(N[C@@H](C)c2ccc(Oc3ccccc3)cc2)nc(N2C(=O)OC[C@@H]2C(C)(C)C)n1. The van der Waals surface area contributed by atoms with Gasteiger partial charge in [-0.15, -0.1) is 0 Å². The quantitative estimate of drug-likeness (QED) is 0.532. The molecular weight excluding hydrogens is 418 g/mol. The van der Waals surface area contributed by atoms with Crippen molar-refractivity contribution < 1.29 is 14.3 Å². The van der Waals surface area contributed by atoms with Gasteiger partial charge in [-0.3, -0.25) is 0 Å². The standard InChI is InChI=1S/C25H29N5O3/c1-16(18-11-13-20(14-12-18)33-19-9-7-6-8-10-19)26-22-27-17(2)28-23(29-22)30-21(25(3,4)5)15-32-24(30)31/h6-14,16,21H,15H2,1-5H3,(H,26,27,28,29)/t16-,21+/m0/s1. The van der Waals surface area contributed by atoms with Crippen LogP contribution in [0.1, 0.15) is 45.1 Å². The van der Waals surface area contributed by atoms with Gasteiger partial charge in [0.2, 0.25) is 11.9 Å². The molecule has 1 aliphatic heterocycles. The second-order valence-electron chi connectivity index (χ2n) is 9.19. The zero-order valence-corrected chi connectivity index (χ0v) is 19.6. The van der Waals surface area contributed by atoms with Gasteiger partial charge in [0.1, 0.15) is 23.9 Å². The lowest BCUT2D eigenvalue weighted by atomic mass is 9.87. The number of nitrogens with one attached hydrogen (secondary N) is 1. The van der Waals surface area contributed by atoms with Gasteiger partial charge in [-0.2, -0.15) is 15.0 Å². The molecule has 0 saturated carbocycles. The van der Waals surface area contributed by atoms with E-state index in [2.05, 4.69) is 41.0 Å². The Kier molecular flexibility index (Phi) is 6.18. The van der Waals surface area contributed by atoms with Crippen LogP contribution in [0.25, 0.3) is 0 Å². The summed E-state index contributed by atoms with van der Waals surface area (Å²) in [5.74, 6) is 2.77. The summed E-state index contributed by atoms with van der Waals surface area (Å²) in [6.45, 7) is 10.3. The minimum Gasteiger partial charge on any atom is -0.457 e. The number of cyclic esters (lactones) is 1. The molecular formula is C25H29N5O3. The lowest BCUT2D eigenvalue weighted by Gasteiger charge is -2.31. The molecule has 4 rings (SSSR count). The van der Waals surface area contributed by atoms with E-state index in [0.717, 1.165) is 17.1 Å². The van der Waals surface area contributed by atoms with Crippen LogP contribution >= 0.6 is 0 Å². The number of carbonyl (C=O) groups excluding carboxylic acids is 1. The zero-order chi connectivity index (χ0) is 23.6. The van der Waals surface area contributed by atoms with Crippen LogP contribution in [0.4, 0.5) is 16.7 Å². The fourth-order valence-corrected chi connectivity index (χ4v) is 3.65. The first-order valence-electron chi connectivity index (χ1n) is 11.0. The Balaban J connectivity index is 1.50. The zero-order valence-electron chi connectivity index (χ0n) is 19.6. The van der Waals surface area contributed by atoms with E-state index < -0.39 is 6.09 Å². The van der Waals surface area contributed by atoms with Gasteiger partial charge in [0.05, 0.1) is 12.1 Å². The van der Waals surface area contributed by atoms with Gasteiger partial charge in [-0.1, -0.05) is 51.1 Å². The number of benzene rings is 2. The van der Waals surface area contributed by atoms with Crippen molar-refractivity contribution in [1.82, 2.24) is 15.0 Å². The van der Waals surface area contributed by atoms with E-state index in [1.54, 1.807) is 6.92 Å². The van der Waals surface area contributed by atoms with Gasteiger partial charge < -0.3 is 14.8 Å². The number of nitrogens with zero attached hydrogens (tertiary/aromatic N) is 4. The maximum Gasteiger partial charge on any atom is 0.417 e. The number of aryl methyl sites for hydroxylation is 1. The number of carbonyl (C=O) groups is 1. The molecule has 1 aromatic heterocycles. The van der Waals surface area contributed by atoms with E-state index in [0.29, 0.717) is 24.3 Å². The molecule has 0 unspecified atom stereocenters. The fraction of sp³-hybridized carbons (Fsp3) is 0.360. The molecule has 0 spiro atoms. The molecule has 8 nitrogen and oxygen atoms in total. The summed E-state index contributed by atoms with van der Waals surface area (Å²) in [6.07, 6.45) is -0.437. The van der Waals surface area contributed by atoms with Crippen molar-refractivity contribution >= 4 is 18.0 Å². The molecule has 0 radical (unpaired) electrons. The molecule has 1 saturated heterocycles. The van der Waals surface area contributed by atoms with Crippen LogP contribution < -0.4 is 15.0 Å². The molecule has 1 fully saturated rings. The second kappa shape index (κ2) is 9.05. The number of rotatable bonds is 6. The average molecular weight is 448 g/mol. The maximum atomic E-state index is 12.4. The van der Waals surface area contributed by atoms with Crippen molar-refractivity contribution in [3.63, 3.8) is 0 Å². The maximum absolute atomic E-state index is 12.4. The smallest absolute Gasteiger partial charge is 0.417 e. The predicted octanol–water partition coefficient (Wildman–Crippen LogP) is 5.52. The third kappa shape index (κ3) is 5.22. The number of ether oxygens (including phenoxy) is 2. The monoisotopic (exact) mass is 447 g/mol. The molecule has 33 heavy (non-hydrogen) atoms. The Bertz CT molecular complexity index is 1110. The van der Waals surface area contributed by atoms with Gasteiger partial charge in [0, 0.05) is 0 Å². The third-order valence-electron chi connectivity index (χ3n) is 5.53. The highest BCUT2D eigenvalue weighted by Gasteiger charge is 2.43. The lowest BCUT2D eigenvalue weighted by molar-refractivity contribution is 0.172. The highest BCUT2D eigenvalue weighted by Crippen LogP contribution is 2.32. The minimum atomic E-state index is -0.437. The van der Waals surface area contributed by atoms with E-state index in [1.807, 2.05) is 61.5 Å². The van der Waals surface area contributed by atoms with Crippen molar-refractivity contribution in [3.8, 4) is 11.5 Å². The van der Waals surface area contributed by atoms with Crippen LogP contribution in [0.15, 0.2) is 54.6 Å².